The second-order valence-corrected chi connectivity index (χ2v) is 3.72. The van der Waals surface area contributed by atoms with Gasteiger partial charge in [-0.25, -0.2) is 8.78 Å². The first-order valence-corrected chi connectivity index (χ1v) is 5.38. The molecular formula is C13H9F2NO3. The van der Waals surface area contributed by atoms with Crippen molar-refractivity contribution in [1.82, 2.24) is 5.32 Å². The lowest BCUT2D eigenvalue weighted by atomic mass is 10.1. The van der Waals surface area contributed by atoms with Gasteiger partial charge in [0.15, 0.2) is 11.6 Å². The van der Waals surface area contributed by atoms with Crippen LogP contribution in [0.3, 0.4) is 0 Å². The molecular weight excluding hydrogens is 256 g/mol. The number of carbonyl (C=O) groups excluding carboxylic acids is 2. The molecule has 0 aliphatic carbocycles. The molecule has 98 valence electrons. The van der Waals surface area contributed by atoms with Gasteiger partial charge in [-0.05, 0) is 30.3 Å². The highest BCUT2D eigenvalue weighted by atomic mass is 19.2. The Hall–Kier alpha value is -2.50. The van der Waals surface area contributed by atoms with Gasteiger partial charge in [0.05, 0.1) is 12.8 Å². The molecule has 1 aromatic heterocycles. The van der Waals surface area contributed by atoms with Gasteiger partial charge in [0.1, 0.15) is 5.76 Å². The van der Waals surface area contributed by atoms with Crippen LogP contribution in [0.2, 0.25) is 0 Å². The van der Waals surface area contributed by atoms with Gasteiger partial charge in [-0.1, -0.05) is 0 Å². The van der Waals surface area contributed by atoms with E-state index < -0.39 is 23.3 Å². The summed E-state index contributed by atoms with van der Waals surface area (Å²) < 4.78 is 30.6. The summed E-state index contributed by atoms with van der Waals surface area (Å²) in [6, 6.07) is 5.79. The normalized spacial score (nSPS) is 10.2. The number of ketones is 1. The number of hydrogen-bond acceptors (Lipinski definition) is 3. The Bertz CT molecular complexity index is 608. The van der Waals surface area contributed by atoms with Crippen molar-refractivity contribution in [2.45, 2.75) is 6.54 Å². The van der Waals surface area contributed by atoms with Crippen LogP contribution < -0.4 is 5.32 Å². The predicted molar refractivity (Wildman–Crippen MR) is 61.2 cm³/mol. The number of halogens is 2. The van der Waals surface area contributed by atoms with E-state index in [1.165, 1.54) is 6.26 Å². The second-order valence-electron chi connectivity index (χ2n) is 3.72. The summed E-state index contributed by atoms with van der Waals surface area (Å²) in [5.74, 6) is -3.63. The zero-order valence-corrected chi connectivity index (χ0v) is 9.65. The number of furan rings is 1. The predicted octanol–water partition coefficient (Wildman–Crippen LogP) is 2.06. The summed E-state index contributed by atoms with van der Waals surface area (Å²) in [5.41, 5.74) is -0.212. The third kappa shape index (κ3) is 3.04. The third-order valence-corrected chi connectivity index (χ3v) is 2.39. The number of nitrogens with one attached hydrogen (secondary N) is 1. The molecule has 4 nitrogen and oxygen atoms in total. The summed E-state index contributed by atoms with van der Waals surface area (Å²) in [6.45, 7) is 0.0429. The van der Waals surface area contributed by atoms with Crippen molar-refractivity contribution in [3.05, 3.63) is 59.6 Å². The topological polar surface area (TPSA) is 59.3 Å². The molecule has 1 N–H and O–H groups in total. The van der Waals surface area contributed by atoms with Crippen LogP contribution in [-0.2, 0) is 11.3 Å². The fraction of sp³-hybridized carbons (Fsp3) is 0.0769. The highest BCUT2D eigenvalue weighted by molar-refractivity contribution is 6.42. The van der Waals surface area contributed by atoms with Crippen LogP contribution in [0.5, 0.6) is 0 Å². The quantitative estimate of drug-likeness (QED) is 0.680. The number of hydrogen-bond donors (Lipinski definition) is 1. The number of benzene rings is 1. The van der Waals surface area contributed by atoms with E-state index in [1.54, 1.807) is 12.1 Å². The van der Waals surface area contributed by atoms with Crippen LogP contribution >= 0.6 is 0 Å². The Kier molecular flexibility index (Phi) is 3.70. The van der Waals surface area contributed by atoms with E-state index in [-0.39, 0.29) is 12.1 Å². The van der Waals surface area contributed by atoms with Gasteiger partial charge in [-0.15, -0.1) is 0 Å². The average molecular weight is 265 g/mol. The van der Waals surface area contributed by atoms with Crippen LogP contribution in [0.1, 0.15) is 16.1 Å². The van der Waals surface area contributed by atoms with Crippen LogP contribution in [0.25, 0.3) is 0 Å². The minimum absolute atomic E-state index is 0.0429. The van der Waals surface area contributed by atoms with Gasteiger partial charge in [0, 0.05) is 5.56 Å². The van der Waals surface area contributed by atoms with Crippen LogP contribution in [-0.4, -0.2) is 11.7 Å². The van der Waals surface area contributed by atoms with Gasteiger partial charge < -0.3 is 9.73 Å². The maximum atomic E-state index is 12.9. The van der Waals surface area contributed by atoms with Crippen molar-refractivity contribution in [1.29, 1.82) is 0 Å². The van der Waals surface area contributed by atoms with Crippen molar-refractivity contribution in [3.8, 4) is 0 Å². The van der Waals surface area contributed by atoms with Gasteiger partial charge in [0.2, 0.25) is 5.78 Å². The zero-order valence-electron chi connectivity index (χ0n) is 9.65. The lowest BCUT2D eigenvalue weighted by molar-refractivity contribution is -0.117. The molecule has 0 spiro atoms. The molecule has 0 bridgehead atoms. The van der Waals surface area contributed by atoms with Crippen molar-refractivity contribution in [3.63, 3.8) is 0 Å². The molecule has 2 rings (SSSR count). The van der Waals surface area contributed by atoms with E-state index in [2.05, 4.69) is 5.32 Å². The standard InChI is InChI=1S/C13H9F2NO3/c14-10-4-3-8(6-11(10)15)12(17)13(18)16-7-9-2-1-5-19-9/h1-6H,7H2,(H,16,18). The fourth-order valence-electron chi connectivity index (χ4n) is 1.43. The molecule has 1 heterocycles. The van der Waals surface area contributed by atoms with Crippen molar-refractivity contribution in [2.24, 2.45) is 0 Å². The minimum Gasteiger partial charge on any atom is -0.467 e. The molecule has 1 amide bonds. The summed E-state index contributed by atoms with van der Waals surface area (Å²) in [5, 5.41) is 2.32. The van der Waals surface area contributed by atoms with Crippen molar-refractivity contribution >= 4 is 11.7 Å². The van der Waals surface area contributed by atoms with Gasteiger partial charge in [-0.3, -0.25) is 9.59 Å². The molecule has 0 radical (unpaired) electrons. The van der Waals surface area contributed by atoms with E-state index in [4.69, 9.17) is 4.42 Å². The Morgan fingerprint density at radius 1 is 1.16 bits per heavy atom. The van der Waals surface area contributed by atoms with Crippen LogP contribution in [0, 0.1) is 11.6 Å². The highest BCUT2D eigenvalue weighted by Gasteiger charge is 2.17. The van der Waals surface area contributed by atoms with Crippen molar-refractivity contribution < 1.29 is 22.8 Å². The average Bonchev–Trinajstić information content (AvgIpc) is 2.91. The van der Waals surface area contributed by atoms with E-state index in [0.29, 0.717) is 11.8 Å². The summed E-state index contributed by atoms with van der Waals surface area (Å²) in [4.78, 5) is 23.2. The first kappa shape index (κ1) is 12.9. The lowest BCUT2D eigenvalue weighted by Gasteiger charge is -2.03. The maximum Gasteiger partial charge on any atom is 0.292 e. The Labute approximate surface area is 107 Å². The van der Waals surface area contributed by atoms with E-state index >= 15 is 0 Å². The summed E-state index contributed by atoms with van der Waals surface area (Å²) in [6.07, 6.45) is 1.43. The molecule has 0 aliphatic rings. The number of amides is 1. The number of carbonyl (C=O) groups is 2. The van der Waals surface area contributed by atoms with Crippen LogP contribution in [0.4, 0.5) is 8.78 Å². The van der Waals surface area contributed by atoms with Crippen molar-refractivity contribution in [2.75, 3.05) is 0 Å². The molecule has 2 aromatic rings. The smallest absolute Gasteiger partial charge is 0.292 e. The number of Topliss-reactive ketones (excluding diaryl/α,β-unsaturated/α-hetero) is 1. The molecule has 0 fully saturated rings. The molecule has 0 aliphatic heterocycles. The Morgan fingerprint density at radius 3 is 2.58 bits per heavy atom. The minimum atomic E-state index is -1.18. The number of rotatable bonds is 4. The lowest BCUT2D eigenvalue weighted by Crippen LogP contribution is -2.30. The largest absolute Gasteiger partial charge is 0.467 e. The SMILES string of the molecule is O=C(NCc1ccco1)C(=O)c1ccc(F)c(F)c1. The summed E-state index contributed by atoms with van der Waals surface area (Å²) in [7, 11) is 0. The highest BCUT2D eigenvalue weighted by Crippen LogP contribution is 2.09. The molecule has 0 atom stereocenters. The van der Waals surface area contributed by atoms with Gasteiger partial charge in [-0.2, -0.15) is 0 Å². The third-order valence-electron chi connectivity index (χ3n) is 2.39. The second kappa shape index (κ2) is 5.43. The van der Waals surface area contributed by atoms with Gasteiger partial charge >= 0.3 is 0 Å². The van der Waals surface area contributed by atoms with E-state index in [1.807, 2.05) is 0 Å². The zero-order chi connectivity index (χ0) is 13.8. The molecule has 0 saturated carbocycles. The fourth-order valence-corrected chi connectivity index (χ4v) is 1.43. The first-order chi connectivity index (χ1) is 9.08. The van der Waals surface area contributed by atoms with Crippen LogP contribution in [0.15, 0.2) is 41.0 Å². The maximum absolute atomic E-state index is 12.9. The first-order valence-electron chi connectivity index (χ1n) is 5.38. The van der Waals surface area contributed by atoms with E-state index in [9.17, 15) is 18.4 Å². The molecule has 6 heteroatoms. The molecule has 1 aromatic carbocycles. The molecule has 19 heavy (non-hydrogen) atoms. The molecule has 0 saturated heterocycles. The molecule has 0 unspecified atom stereocenters. The van der Waals surface area contributed by atoms with Gasteiger partial charge in [0.25, 0.3) is 5.91 Å². The summed E-state index contributed by atoms with van der Waals surface area (Å²) >= 11 is 0. The monoisotopic (exact) mass is 265 g/mol. The Morgan fingerprint density at radius 2 is 1.95 bits per heavy atom. The Balaban J connectivity index is 2.02. The van der Waals surface area contributed by atoms with E-state index in [0.717, 1.165) is 12.1 Å².